The number of anilines is 1. The van der Waals surface area contributed by atoms with Crippen LogP contribution in [0.15, 0.2) is 59.1 Å². The molecule has 1 amide bonds. The normalized spacial score (nSPS) is 24.6. The molecule has 34 heavy (non-hydrogen) atoms. The fourth-order valence-corrected chi connectivity index (χ4v) is 4.13. The molecule has 0 saturated carbocycles. The molecule has 0 aliphatic carbocycles. The number of amides is 1. The molecule has 1 fully saturated rings. The predicted molar refractivity (Wildman–Crippen MR) is 127 cm³/mol. The zero-order chi connectivity index (χ0) is 24.4. The second-order valence-corrected chi connectivity index (χ2v) is 8.73. The molecule has 1 aliphatic heterocycles. The van der Waals surface area contributed by atoms with Crippen LogP contribution in [0.2, 0.25) is 0 Å². The van der Waals surface area contributed by atoms with Crippen molar-refractivity contribution in [2.75, 3.05) is 19.0 Å². The maximum absolute atomic E-state index is 13.3. The monoisotopic (exact) mass is 533 g/mol. The van der Waals surface area contributed by atoms with Crippen molar-refractivity contribution in [2.45, 2.75) is 30.7 Å². The van der Waals surface area contributed by atoms with Gasteiger partial charge in [-0.2, -0.15) is 0 Å². The SMILES string of the molecule is COc1ccccc1NC(=O)c1cc2cc(Br)ccc2cc1O[C@@H]1O[C@@H](CO)[C@H](O)[C@@H](O)[C@H]1O. The van der Waals surface area contributed by atoms with E-state index in [4.69, 9.17) is 14.2 Å². The highest BCUT2D eigenvalue weighted by Crippen LogP contribution is 2.33. The molecule has 5 atom stereocenters. The molecule has 1 saturated heterocycles. The lowest BCUT2D eigenvalue weighted by molar-refractivity contribution is -0.277. The van der Waals surface area contributed by atoms with Crippen molar-refractivity contribution in [3.8, 4) is 11.5 Å². The van der Waals surface area contributed by atoms with Gasteiger partial charge < -0.3 is 40.0 Å². The zero-order valence-electron chi connectivity index (χ0n) is 18.1. The topological polar surface area (TPSA) is 138 Å². The zero-order valence-corrected chi connectivity index (χ0v) is 19.7. The second-order valence-electron chi connectivity index (χ2n) is 7.81. The Morgan fingerprint density at radius 1 is 1.00 bits per heavy atom. The van der Waals surface area contributed by atoms with Gasteiger partial charge in [-0.25, -0.2) is 0 Å². The van der Waals surface area contributed by atoms with Crippen molar-refractivity contribution < 1.29 is 39.4 Å². The van der Waals surface area contributed by atoms with Gasteiger partial charge >= 0.3 is 0 Å². The third kappa shape index (κ3) is 4.88. The molecule has 9 nitrogen and oxygen atoms in total. The maximum Gasteiger partial charge on any atom is 0.259 e. The number of halogens is 1. The van der Waals surface area contributed by atoms with E-state index in [9.17, 15) is 25.2 Å². The number of aliphatic hydroxyl groups excluding tert-OH is 4. The number of fused-ring (bicyclic) bond motifs is 1. The van der Waals surface area contributed by atoms with Gasteiger partial charge in [-0.05, 0) is 47.2 Å². The smallest absolute Gasteiger partial charge is 0.259 e. The average molecular weight is 534 g/mol. The Kier molecular flexibility index (Phi) is 7.36. The van der Waals surface area contributed by atoms with Gasteiger partial charge in [0.05, 0.1) is 25.0 Å². The summed E-state index contributed by atoms with van der Waals surface area (Å²) in [5.41, 5.74) is 0.580. The summed E-state index contributed by atoms with van der Waals surface area (Å²) in [5, 5.41) is 44.3. The number of para-hydroxylation sites is 2. The van der Waals surface area contributed by atoms with Gasteiger partial charge in [-0.3, -0.25) is 4.79 Å². The molecule has 1 aliphatic rings. The average Bonchev–Trinajstić information content (AvgIpc) is 2.84. The molecule has 3 aromatic rings. The number of carbonyl (C=O) groups is 1. The maximum atomic E-state index is 13.3. The summed E-state index contributed by atoms with van der Waals surface area (Å²) in [6.07, 6.45) is -7.35. The number of ether oxygens (including phenoxy) is 3. The Morgan fingerprint density at radius 2 is 1.76 bits per heavy atom. The van der Waals surface area contributed by atoms with Gasteiger partial charge in [0.25, 0.3) is 5.91 Å². The Hall–Kier alpha value is -2.73. The number of benzene rings is 3. The van der Waals surface area contributed by atoms with Crippen LogP contribution in [-0.2, 0) is 4.74 Å². The van der Waals surface area contributed by atoms with Gasteiger partial charge in [-0.15, -0.1) is 0 Å². The quantitative estimate of drug-likeness (QED) is 0.324. The van der Waals surface area contributed by atoms with E-state index in [1.165, 1.54) is 7.11 Å². The first-order chi connectivity index (χ1) is 16.3. The first-order valence-electron chi connectivity index (χ1n) is 10.5. The highest BCUT2D eigenvalue weighted by atomic mass is 79.9. The summed E-state index contributed by atoms with van der Waals surface area (Å²) in [6, 6.07) is 15.6. The van der Waals surface area contributed by atoms with Crippen molar-refractivity contribution in [1.29, 1.82) is 0 Å². The van der Waals surface area contributed by atoms with Crippen molar-refractivity contribution in [2.24, 2.45) is 0 Å². The van der Waals surface area contributed by atoms with Crippen LogP contribution in [0.3, 0.4) is 0 Å². The number of rotatable bonds is 6. The van der Waals surface area contributed by atoms with E-state index >= 15 is 0 Å². The Balaban J connectivity index is 1.72. The Morgan fingerprint density at radius 3 is 2.50 bits per heavy atom. The van der Waals surface area contributed by atoms with Crippen LogP contribution in [0, 0.1) is 0 Å². The largest absolute Gasteiger partial charge is 0.495 e. The van der Waals surface area contributed by atoms with Gasteiger partial charge in [0, 0.05) is 4.47 Å². The van der Waals surface area contributed by atoms with Crippen molar-refractivity contribution in [3.63, 3.8) is 0 Å². The predicted octanol–water partition coefficient (Wildman–Crippen LogP) is 2.04. The Bertz CT molecular complexity index is 1190. The molecule has 0 radical (unpaired) electrons. The first-order valence-corrected chi connectivity index (χ1v) is 11.3. The van der Waals surface area contributed by atoms with Crippen LogP contribution in [0.5, 0.6) is 11.5 Å². The van der Waals surface area contributed by atoms with E-state index in [0.717, 1.165) is 15.2 Å². The summed E-state index contributed by atoms with van der Waals surface area (Å²) < 4.78 is 17.4. The van der Waals surface area contributed by atoms with E-state index < -0.39 is 43.2 Å². The van der Waals surface area contributed by atoms with Gasteiger partial charge in [0.1, 0.15) is 35.9 Å². The molecule has 180 valence electrons. The lowest BCUT2D eigenvalue weighted by Crippen LogP contribution is -2.60. The van der Waals surface area contributed by atoms with Crippen LogP contribution in [0.4, 0.5) is 5.69 Å². The second kappa shape index (κ2) is 10.3. The summed E-state index contributed by atoms with van der Waals surface area (Å²) in [7, 11) is 1.49. The standard InChI is InChI=1S/C24H24BrNO8/c1-32-17-5-3-2-4-16(17)26-23(31)15-9-13-8-14(25)7-6-12(13)10-18(15)33-24-22(30)21(29)20(28)19(11-27)34-24/h2-10,19-22,24,27-30H,11H2,1H3,(H,26,31)/t19-,20-,21+,22+,24+/m0/s1. The number of hydrogen-bond donors (Lipinski definition) is 5. The third-order valence-corrected chi connectivity index (χ3v) is 6.09. The van der Waals surface area contributed by atoms with E-state index in [0.29, 0.717) is 11.4 Å². The first kappa shape index (κ1) is 24.4. The molecule has 0 spiro atoms. The van der Waals surface area contributed by atoms with Gasteiger partial charge in [0.15, 0.2) is 0 Å². The van der Waals surface area contributed by atoms with Gasteiger partial charge in [-0.1, -0.05) is 34.1 Å². The molecule has 0 bridgehead atoms. The number of nitrogens with one attached hydrogen (secondary N) is 1. The van der Waals surface area contributed by atoms with Crippen molar-refractivity contribution >= 4 is 38.3 Å². The summed E-state index contributed by atoms with van der Waals surface area (Å²) in [6.45, 7) is -0.600. The molecule has 0 aromatic heterocycles. The lowest BCUT2D eigenvalue weighted by Gasteiger charge is -2.39. The molecule has 0 unspecified atom stereocenters. The summed E-state index contributed by atoms with van der Waals surface area (Å²) in [4.78, 5) is 13.3. The van der Waals surface area contributed by atoms with Crippen LogP contribution < -0.4 is 14.8 Å². The van der Waals surface area contributed by atoms with Crippen LogP contribution in [-0.4, -0.2) is 70.8 Å². The molecule has 1 heterocycles. The minimum absolute atomic E-state index is 0.0755. The number of aliphatic hydroxyl groups is 4. The molecule has 3 aromatic carbocycles. The minimum atomic E-state index is -1.62. The lowest BCUT2D eigenvalue weighted by atomic mass is 9.99. The molecule has 4 rings (SSSR count). The van der Waals surface area contributed by atoms with E-state index in [2.05, 4.69) is 21.2 Å². The fraction of sp³-hybridized carbons (Fsp3) is 0.292. The van der Waals surface area contributed by atoms with E-state index in [1.54, 1.807) is 36.4 Å². The van der Waals surface area contributed by atoms with Crippen molar-refractivity contribution in [1.82, 2.24) is 0 Å². The number of carbonyl (C=O) groups excluding carboxylic acids is 1. The van der Waals surface area contributed by atoms with Crippen LogP contribution in [0.25, 0.3) is 10.8 Å². The van der Waals surface area contributed by atoms with Crippen LogP contribution >= 0.6 is 15.9 Å². The molecular weight excluding hydrogens is 510 g/mol. The number of methoxy groups -OCH3 is 1. The molecular formula is C24H24BrNO8. The highest BCUT2D eigenvalue weighted by molar-refractivity contribution is 9.10. The fourth-order valence-electron chi connectivity index (χ4n) is 3.75. The van der Waals surface area contributed by atoms with Gasteiger partial charge in [0.2, 0.25) is 6.29 Å². The molecule has 5 N–H and O–H groups in total. The Labute approximate surface area is 203 Å². The van der Waals surface area contributed by atoms with Crippen LogP contribution in [0.1, 0.15) is 10.4 Å². The van der Waals surface area contributed by atoms with Crippen molar-refractivity contribution in [3.05, 3.63) is 64.6 Å². The molecule has 10 heteroatoms. The van der Waals surface area contributed by atoms with E-state index in [-0.39, 0.29) is 11.3 Å². The number of hydrogen-bond acceptors (Lipinski definition) is 8. The highest BCUT2D eigenvalue weighted by Gasteiger charge is 2.45. The summed E-state index contributed by atoms with van der Waals surface area (Å²) in [5.74, 6) is 0.0355. The third-order valence-electron chi connectivity index (χ3n) is 5.59. The van der Waals surface area contributed by atoms with E-state index in [1.807, 2.05) is 18.2 Å². The minimum Gasteiger partial charge on any atom is -0.495 e. The summed E-state index contributed by atoms with van der Waals surface area (Å²) >= 11 is 3.42.